The Morgan fingerprint density at radius 2 is 2.35 bits per heavy atom. The molecule has 0 unspecified atom stereocenters. The van der Waals surface area contributed by atoms with Gasteiger partial charge in [-0.3, -0.25) is 4.90 Å². The summed E-state index contributed by atoms with van der Waals surface area (Å²) in [5, 5.41) is 18.1. The Morgan fingerprint density at radius 3 is 3.00 bits per heavy atom. The molecule has 0 bridgehead atoms. The lowest BCUT2D eigenvalue weighted by Gasteiger charge is -2.23. The van der Waals surface area contributed by atoms with Crippen LogP contribution in [0.1, 0.15) is 29.5 Å². The summed E-state index contributed by atoms with van der Waals surface area (Å²) in [6.45, 7) is 4.23. The van der Waals surface area contributed by atoms with Gasteiger partial charge in [0.25, 0.3) is 0 Å². The molecule has 0 amide bonds. The number of hydrogen-bond acceptors (Lipinski definition) is 3. The second-order valence-electron chi connectivity index (χ2n) is 4.70. The average Bonchev–Trinajstić information content (AvgIpc) is 2.79. The molecule has 1 aromatic carbocycles. The van der Waals surface area contributed by atoms with E-state index in [4.69, 9.17) is 5.26 Å². The van der Waals surface area contributed by atoms with E-state index in [1.807, 2.05) is 25.1 Å². The molecule has 0 aromatic heterocycles. The molecule has 1 aliphatic heterocycles. The van der Waals surface area contributed by atoms with Crippen LogP contribution in [-0.2, 0) is 6.54 Å². The average molecular weight is 230 g/mol. The number of aliphatic hydroxyl groups is 1. The van der Waals surface area contributed by atoms with Crippen molar-refractivity contribution in [2.75, 3.05) is 13.2 Å². The molecule has 0 radical (unpaired) electrons. The van der Waals surface area contributed by atoms with Gasteiger partial charge in [0.05, 0.1) is 18.2 Å². The molecule has 3 heteroatoms. The van der Waals surface area contributed by atoms with Crippen molar-refractivity contribution >= 4 is 0 Å². The van der Waals surface area contributed by atoms with Crippen LogP contribution in [0.25, 0.3) is 0 Å². The highest BCUT2D eigenvalue weighted by atomic mass is 16.3. The summed E-state index contributed by atoms with van der Waals surface area (Å²) in [7, 11) is 0. The molecule has 1 heterocycles. The van der Waals surface area contributed by atoms with Gasteiger partial charge in [-0.15, -0.1) is 0 Å². The molecule has 0 aliphatic carbocycles. The molecule has 0 saturated carbocycles. The summed E-state index contributed by atoms with van der Waals surface area (Å²) in [6, 6.07) is 8.29. The van der Waals surface area contributed by atoms with E-state index < -0.39 is 0 Å². The number of hydrogen-bond donors (Lipinski definition) is 1. The smallest absolute Gasteiger partial charge is 0.0991 e. The molecule has 17 heavy (non-hydrogen) atoms. The maximum Gasteiger partial charge on any atom is 0.0991 e. The van der Waals surface area contributed by atoms with E-state index in [0.717, 1.165) is 25.1 Å². The van der Waals surface area contributed by atoms with Crippen molar-refractivity contribution in [1.82, 2.24) is 4.90 Å². The van der Waals surface area contributed by atoms with Gasteiger partial charge in [-0.1, -0.05) is 6.07 Å². The fourth-order valence-corrected chi connectivity index (χ4v) is 2.47. The zero-order valence-electron chi connectivity index (χ0n) is 10.2. The Balaban J connectivity index is 2.11. The maximum absolute atomic E-state index is 9.28. The monoisotopic (exact) mass is 230 g/mol. The predicted molar refractivity (Wildman–Crippen MR) is 66.4 cm³/mol. The van der Waals surface area contributed by atoms with Crippen molar-refractivity contribution < 1.29 is 5.11 Å². The first-order chi connectivity index (χ1) is 8.24. The maximum atomic E-state index is 9.28. The predicted octanol–water partition coefficient (Wildman–Crippen LogP) is 1.82. The standard InChI is InChI=1S/C14H18N2O/c1-11-7-12(8-15)4-5-13(11)9-16-6-2-3-14(16)10-17/h4-5,7,14,17H,2-3,6,9-10H2,1H3/t14-/m1/s1. The van der Waals surface area contributed by atoms with Gasteiger partial charge in [-0.25, -0.2) is 0 Å². The van der Waals surface area contributed by atoms with Gasteiger partial charge in [-0.05, 0) is 49.6 Å². The van der Waals surface area contributed by atoms with Crippen LogP contribution in [0.15, 0.2) is 18.2 Å². The molecule has 1 fully saturated rings. The molecule has 1 N–H and O–H groups in total. The van der Waals surface area contributed by atoms with E-state index in [9.17, 15) is 5.11 Å². The minimum absolute atomic E-state index is 0.245. The first kappa shape index (κ1) is 12.1. The first-order valence-electron chi connectivity index (χ1n) is 6.09. The van der Waals surface area contributed by atoms with Crippen molar-refractivity contribution in [1.29, 1.82) is 5.26 Å². The zero-order valence-corrected chi connectivity index (χ0v) is 10.2. The number of aryl methyl sites for hydroxylation is 1. The third-order valence-corrected chi connectivity index (χ3v) is 3.55. The van der Waals surface area contributed by atoms with Crippen LogP contribution in [0, 0.1) is 18.3 Å². The normalized spacial score (nSPS) is 20.4. The SMILES string of the molecule is Cc1cc(C#N)ccc1CN1CCC[C@@H]1CO. The second-order valence-corrected chi connectivity index (χ2v) is 4.70. The van der Waals surface area contributed by atoms with Gasteiger partial charge in [0.15, 0.2) is 0 Å². The molecule has 1 atom stereocenters. The van der Waals surface area contributed by atoms with Crippen molar-refractivity contribution in [2.24, 2.45) is 0 Å². The minimum Gasteiger partial charge on any atom is -0.395 e. The van der Waals surface area contributed by atoms with Gasteiger partial charge < -0.3 is 5.11 Å². The van der Waals surface area contributed by atoms with Crippen LogP contribution >= 0.6 is 0 Å². The largest absolute Gasteiger partial charge is 0.395 e. The van der Waals surface area contributed by atoms with Crippen molar-refractivity contribution in [3.05, 3.63) is 34.9 Å². The summed E-state index contributed by atoms with van der Waals surface area (Å²) in [5.74, 6) is 0. The van der Waals surface area contributed by atoms with E-state index in [2.05, 4.69) is 11.0 Å². The van der Waals surface area contributed by atoms with Crippen LogP contribution < -0.4 is 0 Å². The Labute approximate surface area is 102 Å². The Hall–Kier alpha value is -1.37. The van der Waals surface area contributed by atoms with Gasteiger partial charge in [0, 0.05) is 12.6 Å². The lowest BCUT2D eigenvalue weighted by molar-refractivity contribution is 0.153. The molecule has 2 rings (SSSR count). The fraction of sp³-hybridized carbons (Fsp3) is 0.500. The van der Waals surface area contributed by atoms with Gasteiger partial charge >= 0.3 is 0 Å². The summed E-state index contributed by atoms with van der Waals surface area (Å²) in [4.78, 5) is 2.33. The van der Waals surface area contributed by atoms with E-state index in [0.29, 0.717) is 11.6 Å². The molecule has 3 nitrogen and oxygen atoms in total. The quantitative estimate of drug-likeness (QED) is 0.861. The summed E-state index contributed by atoms with van der Waals surface area (Å²) in [5.41, 5.74) is 3.13. The molecule has 1 aromatic rings. The number of benzene rings is 1. The van der Waals surface area contributed by atoms with E-state index in [1.54, 1.807) is 0 Å². The van der Waals surface area contributed by atoms with Crippen molar-refractivity contribution in [3.8, 4) is 6.07 Å². The lowest BCUT2D eigenvalue weighted by atomic mass is 10.0. The van der Waals surface area contributed by atoms with Crippen LogP contribution in [0.3, 0.4) is 0 Å². The first-order valence-corrected chi connectivity index (χ1v) is 6.09. The highest BCUT2D eigenvalue weighted by molar-refractivity contribution is 5.37. The van der Waals surface area contributed by atoms with Crippen LogP contribution in [0.2, 0.25) is 0 Å². The van der Waals surface area contributed by atoms with Crippen LogP contribution in [0.4, 0.5) is 0 Å². The number of nitriles is 1. The van der Waals surface area contributed by atoms with Gasteiger partial charge in [0.1, 0.15) is 0 Å². The van der Waals surface area contributed by atoms with Crippen LogP contribution in [0.5, 0.6) is 0 Å². The number of nitrogens with zero attached hydrogens (tertiary/aromatic N) is 2. The molecule has 90 valence electrons. The molecular formula is C14H18N2O. The molecule has 0 spiro atoms. The number of likely N-dealkylation sites (tertiary alicyclic amines) is 1. The number of rotatable bonds is 3. The van der Waals surface area contributed by atoms with E-state index in [1.165, 1.54) is 12.0 Å². The Kier molecular flexibility index (Phi) is 3.78. The van der Waals surface area contributed by atoms with Gasteiger partial charge in [0.2, 0.25) is 0 Å². The lowest BCUT2D eigenvalue weighted by Crippen LogP contribution is -2.31. The summed E-state index contributed by atoms with van der Waals surface area (Å²) < 4.78 is 0. The molecule has 1 aliphatic rings. The fourth-order valence-electron chi connectivity index (χ4n) is 2.47. The van der Waals surface area contributed by atoms with Crippen molar-refractivity contribution in [2.45, 2.75) is 32.4 Å². The zero-order chi connectivity index (χ0) is 12.3. The number of aliphatic hydroxyl groups excluding tert-OH is 1. The topological polar surface area (TPSA) is 47.3 Å². The summed E-state index contributed by atoms with van der Waals surface area (Å²) >= 11 is 0. The van der Waals surface area contributed by atoms with Gasteiger partial charge in [-0.2, -0.15) is 5.26 Å². The Morgan fingerprint density at radius 1 is 1.53 bits per heavy atom. The van der Waals surface area contributed by atoms with E-state index >= 15 is 0 Å². The third kappa shape index (κ3) is 2.66. The molecule has 1 saturated heterocycles. The van der Waals surface area contributed by atoms with Crippen molar-refractivity contribution in [3.63, 3.8) is 0 Å². The van der Waals surface area contributed by atoms with E-state index in [-0.39, 0.29) is 6.61 Å². The second kappa shape index (κ2) is 5.31. The minimum atomic E-state index is 0.245. The Bertz CT molecular complexity index is 436. The summed E-state index contributed by atoms with van der Waals surface area (Å²) in [6.07, 6.45) is 2.26. The highest BCUT2D eigenvalue weighted by Crippen LogP contribution is 2.21. The highest BCUT2D eigenvalue weighted by Gasteiger charge is 2.23. The third-order valence-electron chi connectivity index (χ3n) is 3.55. The van der Waals surface area contributed by atoms with Crippen LogP contribution in [-0.4, -0.2) is 29.2 Å². The molecular weight excluding hydrogens is 212 g/mol.